The number of amides is 1. The molecule has 2 aromatic heterocycles. The summed E-state index contributed by atoms with van der Waals surface area (Å²) in [5.74, 6) is -0.194. The van der Waals surface area contributed by atoms with Crippen LogP contribution in [0, 0.1) is 0 Å². The summed E-state index contributed by atoms with van der Waals surface area (Å²) >= 11 is 13.5. The van der Waals surface area contributed by atoms with Crippen molar-refractivity contribution >= 4 is 52.5 Å². The zero-order valence-corrected chi connectivity index (χ0v) is 13.8. The van der Waals surface area contributed by atoms with Crippen LogP contribution < -0.4 is 5.32 Å². The molecule has 0 unspecified atom stereocenters. The number of carbonyl (C=O) groups excluding carboxylic acids is 1. The molecule has 0 fully saturated rings. The standard InChI is InChI=1S/C15H9Cl2N3O2S/c16-9-3-5-12(17)11(8-9)14-19-20-15(22-14)18-13(21)6-4-10-2-1-7-23-10/h1-8H,(H,18,20,21)/b6-4+. The normalized spacial score (nSPS) is 11.0. The topological polar surface area (TPSA) is 68.0 Å². The lowest BCUT2D eigenvalue weighted by Gasteiger charge is -1.99. The first-order valence-corrected chi connectivity index (χ1v) is 8.07. The molecular formula is C15H9Cl2N3O2S. The SMILES string of the molecule is O=C(/C=C/c1cccs1)Nc1nnc(-c2cc(Cl)ccc2Cl)o1. The molecule has 1 N–H and O–H groups in total. The summed E-state index contributed by atoms with van der Waals surface area (Å²) in [7, 11) is 0. The number of thiophene rings is 1. The lowest BCUT2D eigenvalue weighted by Crippen LogP contribution is -2.07. The summed E-state index contributed by atoms with van der Waals surface area (Å²) in [6, 6.07) is 8.69. The van der Waals surface area contributed by atoms with Gasteiger partial charge in [0.05, 0.1) is 10.6 Å². The number of nitrogens with zero attached hydrogens (tertiary/aromatic N) is 2. The summed E-state index contributed by atoms with van der Waals surface area (Å²) in [5, 5.41) is 13.0. The highest BCUT2D eigenvalue weighted by molar-refractivity contribution is 7.10. The van der Waals surface area contributed by atoms with Crippen LogP contribution in [-0.4, -0.2) is 16.1 Å². The molecule has 3 rings (SSSR count). The molecule has 0 aliphatic carbocycles. The Bertz CT molecular complexity index is 859. The number of nitrogens with one attached hydrogen (secondary N) is 1. The van der Waals surface area contributed by atoms with Crippen LogP contribution >= 0.6 is 34.5 Å². The van der Waals surface area contributed by atoms with Gasteiger partial charge < -0.3 is 4.42 Å². The Labute approximate surface area is 145 Å². The lowest BCUT2D eigenvalue weighted by molar-refractivity contribution is -0.112. The van der Waals surface area contributed by atoms with E-state index in [2.05, 4.69) is 15.5 Å². The average Bonchev–Trinajstić information content (AvgIpc) is 3.19. The molecular weight excluding hydrogens is 357 g/mol. The van der Waals surface area contributed by atoms with Crippen molar-refractivity contribution in [2.45, 2.75) is 0 Å². The van der Waals surface area contributed by atoms with Crippen molar-refractivity contribution in [3.8, 4) is 11.5 Å². The molecule has 8 heteroatoms. The summed E-state index contributed by atoms with van der Waals surface area (Å²) in [6.45, 7) is 0. The van der Waals surface area contributed by atoms with Crippen LogP contribution in [0.25, 0.3) is 17.5 Å². The van der Waals surface area contributed by atoms with Crippen molar-refractivity contribution in [2.75, 3.05) is 5.32 Å². The molecule has 0 saturated carbocycles. The van der Waals surface area contributed by atoms with Crippen molar-refractivity contribution in [1.29, 1.82) is 0 Å². The lowest BCUT2D eigenvalue weighted by atomic mass is 10.2. The third kappa shape index (κ3) is 3.98. The van der Waals surface area contributed by atoms with E-state index < -0.39 is 0 Å². The highest BCUT2D eigenvalue weighted by Crippen LogP contribution is 2.30. The predicted molar refractivity (Wildman–Crippen MR) is 91.7 cm³/mol. The van der Waals surface area contributed by atoms with E-state index in [0.29, 0.717) is 15.6 Å². The van der Waals surface area contributed by atoms with Gasteiger partial charge in [0.2, 0.25) is 0 Å². The summed E-state index contributed by atoms with van der Waals surface area (Å²) < 4.78 is 5.38. The fourth-order valence-corrected chi connectivity index (χ4v) is 2.72. The molecule has 1 aromatic carbocycles. The monoisotopic (exact) mass is 365 g/mol. The molecule has 0 bridgehead atoms. The number of benzene rings is 1. The molecule has 1 amide bonds. The second-order valence-corrected chi connectivity index (χ2v) is 6.20. The highest BCUT2D eigenvalue weighted by atomic mass is 35.5. The first-order valence-electron chi connectivity index (χ1n) is 6.43. The van der Waals surface area contributed by atoms with E-state index in [1.54, 1.807) is 24.3 Å². The average molecular weight is 366 g/mol. The van der Waals surface area contributed by atoms with Crippen LogP contribution in [0.15, 0.2) is 46.2 Å². The van der Waals surface area contributed by atoms with Gasteiger partial charge in [0.25, 0.3) is 11.8 Å². The minimum atomic E-state index is -0.370. The van der Waals surface area contributed by atoms with Gasteiger partial charge in [-0.1, -0.05) is 34.4 Å². The number of aromatic nitrogens is 2. The van der Waals surface area contributed by atoms with Gasteiger partial charge in [-0.05, 0) is 35.7 Å². The fourth-order valence-electron chi connectivity index (χ4n) is 1.73. The number of halogens is 2. The van der Waals surface area contributed by atoms with Crippen molar-refractivity contribution in [1.82, 2.24) is 10.2 Å². The molecule has 3 aromatic rings. The number of carbonyl (C=O) groups is 1. The van der Waals surface area contributed by atoms with Crippen molar-refractivity contribution in [2.24, 2.45) is 0 Å². The van der Waals surface area contributed by atoms with Crippen LogP contribution in [0.5, 0.6) is 0 Å². The minimum absolute atomic E-state index is 0.0168. The molecule has 0 aliphatic rings. The largest absolute Gasteiger partial charge is 0.403 e. The molecule has 116 valence electrons. The highest BCUT2D eigenvalue weighted by Gasteiger charge is 2.13. The number of rotatable bonds is 4. The van der Waals surface area contributed by atoms with Gasteiger partial charge in [-0.3, -0.25) is 10.1 Å². The Balaban J connectivity index is 1.72. The predicted octanol–water partition coefficient (Wildman–Crippen LogP) is 4.76. The van der Waals surface area contributed by atoms with Crippen LogP contribution in [0.1, 0.15) is 4.88 Å². The van der Waals surface area contributed by atoms with E-state index in [1.165, 1.54) is 17.4 Å². The van der Waals surface area contributed by atoms with Gasteiger partial charge >= 0.3 is 6.01 Å². The van der Waals surface area contributed by atoms with Gasteiger partial charge in [-0.15, -0.1) is 16.4 Å². The minimum Gasteiger partial charge on any atom is -0.403 e. The molecule has 0 atom stereocenters. The van der Waals surface area contributed by atoms with Crippen LogP contribution in [0.3, 0.4) is 0 Å². The fraction of sp³-hybridized carbons (Fsp3) is 0. The third-order valence-corrected chi connectivity index (χ3v) is 4.16. The molecule has 23 heavy (non-hydrogen) atoms. The third-order valence-electron chi connectivity index (χ3n) is 2.76. The van der Waals surface area contributed by atoms with Gasteiger partial charge in [0, 0.05) is 16.0 Å². The maximum atomic E-state index is 11.8. The molecule has 0 spiro atoms. The first kappa shape index (κ1) is 15.7. The number of hydrogen-bond donors (Lipinski definition) is 1. The van der Waals surface area contributed by atoms with Gasteiger partial charge in [0.1, 0.15) is 0 Å². The second kappa shape index (κ2) is 6.95. The zero-order chi connectivity index (χ0) is 16.2. The van der Waals surface area contributed by atoms with Crippen LogP contribution in [0.4, 0.5) is 6.01 Å². The smallest absolute Gasteiger partial charge is 0.322 e. The quantitative estimate of drug-likeness (QED) is 0.676. The van der Waals surface area contributed by atoms with Crippen molar-refractivity contribution < 1.29 is 9.21 Å². The Morgan fingerprint density at radius 3 is 2.91 bits per heavy atom. The van der Waals surface area contributed by atoms with E-state index in [9.17, 15) is 4.79 Å². The second-order valence-electron chi connectivity index (χ2n) is 4.37. The number of anilines is 1. The Kier molecular flexibility index (Phi) is 4.76. The van der Waals surface area contributed by atoms with Gasteiger partial charge in [0.15, 0.2) is 0 Å². The molecule has 2 heterocycles. The Morgan fingerprint density at radius 1 is 1.26 bits per heavy atom. The maximum absolute atomic E-state index is 11.8. The summed E-state index contributed by atoms with van der Waals surface area (Å²) in [6.07, 6.45) is 3.09. The Hall–Kier alpha value is -2.15. The summed E-state index contributed by atoms with van der Waals surface area (Å²) in [4.78, 5) is 12.8. The first-order chi connectivity index (χ1) is 11.1. The number of hydrogen-bond acceptors (Lipinski definition) is 5. The Morgan fingerprint density at radius 2 is 2.13 bits per heavy atom. The van der Waals surface area contributed by atoms with Crippen molar-refractivity contribution in [3.05, 3.63) is 56.7 Å². The van der Waals surface area contributed by atoms with Crippen LogP contribution in [-0.2, 0) is 4.79 Å². The van der Waals surface area contributed by atoms with E-state index in [1.807, 2.05) is 17.5 Å². The van der Waals surface area contributed by atoms with Crippen LogP contribution in [0.2, 0.25) is 10.0 Å². The zero-order valence-electron chi connectivity index (χ0n) is 11.5. The molecule has 5 nitrogen and oxygen atoms in total. The maximum Gasteiger partial charge on any atom is 0.322 e. The molecule has 0 saturated heterocycles. The van der Waals surface area contributed by atoms with Crippen molar-refractivity contribution in [3.63, 3.8) is 0 Å². The van der Waals surface area contributed by atoms with E-state index in [4.69, 9.17) is 27.6 Å². The molecule has 0 aliphatic heterocycles. The molecule has 0 radical (unpaired) electrons. The van der Waals surface area contributed by atoms with E-state index in [0.717, 1.165) is 4.88 Å². The van der Waals surface area contributed by atoms with Gasteiger partial charge in [-0.25, -0.2) is 0 Å². The van der Waals surface area contributed by atoms with Gasteiger partial charge in [-0.2, -0.15) is 0 Å². The van der Waals surface area contributed by atoms with E-state index >= 15 is 0 Å². The van der Waals surface area contributed by atoms with E-state index in [-0.39, 0.29) is 17.8 Å². The summed E-state index contributed by atoms with van der Waals surface area (Å²) in [5.41, 5.74) is 0.501.